The third-order valence-electron chi connectivity index (χ3n) is 3.21. The highest BCUT2D eigenvalue weighted by atomic mass is 16.5. The average molecular weight is 300 g/mol. The molecule has 0 radical (unpaired) electrons. The number of carbonyl (C=O) groups excluding carboxylic acids is 3. The number of esters is 1. The van der Waals surface area contributed by atoms with Gasteiger partial charge in [0.05, 0.1) is 13.2 Å². The van der Waals surface area contributed by atoms with E-state index in [-0.39, 0.29) is 24.8 Å². The molecular formula is C13H24N4O4. The number of nitrogens with two attached hydrogens (primary N) is 1. The summed E-state index contributed by atoms with van der Waals surface area (Å²) >= 11 is 0. The molecule has 1 heterocycles. The molecule has 1 atom stereocenters. The van der Waals surface area contributed by atoms with E-state index in [0.717, 1.165) is 6.54 Å². The molecule has 1 fully saturated rings. The zero-order chi connectivity index (χ0) is 15.7. The molecule has 1 rings (SSSR count). The van der Waals surface area contributed by atoms with E-state index < -0.39 is 11.9 Å². The number of hydrogen-bond acceptors (Lipinski definition) is 6. The van der Waals surface area contributed by atoms with Crippen LogP contribution in [0.15, 0.2) is 0 Å². The molecule has 1 aliphatic rings. The number of nitrogens with zero attached hydrogens (tertiary/aromatic N) is 1. The smallest absolute Gasteiger partial charge is 0.305 e. The largest absolute Gasteiger partial charge is 0.466 e. The van der Waals surface area contributed by atoms with Crippen LogP contribution in [-0.2, 0) is 19.1 Å². The van der Waals surface area contributed by atoms with Crippen molar-refractivity contribution in [1.29, 1.82) is 0 Å². The van der Waals surface area contributed by atoms with Crippen molar-refractivity contribution >= 4 is 17.8 Å². The fraction of sp³-hybridized carbons (Fsp3) is 0.769. The minimum absolute atomic E-state index is 0.134. The number of primary amides is 1. The van der Waals surface area contributed by atoms with Gasteiger partial charge in [0.1, 0.15) is 6.04 Å². The quantitative estimate of drug-likeness (QED) is 0.360. The van der Waals surface area contributed by atoms with Gasteiger partial charge in [-0.05, 0) is 13.3 Å². The predicted molar refractivity (Wildman–Crippen MR) is 76.3 cm³/mol. The molecule has 2 amide bonds. The first-order chi connectivity index (χ1) is 10.0. The molecule has 8 nitrogen and oxygen atoms in total. The first-order valence-corrected chi connectivity index (χ1v) is 7.21. The highest BCUT2D eigenvalue weighted by Gasteiger charge is 2.27. The first kappa shape index (κ1) is 17.4. The van der Waals surface area contributed by atoms with Crippen LogP contribution in [0.2, 0.25) is 0 Å². The molecule has 0 saturated carbocycles. The lowest BCUT2D eigenvalue weighted by atomic mass is 10.2. The van der Waals surface area contributed by atoms with E-state index in [2.05, 4.69) is 10.6 Å². The average Bonchev–Trinajstić information content (AvgIpc) is 2.44. The molecule has 0 bridgehead atoms. The molecule has 1 unspecified atom stereocenters. The Morgan fingerprint density at radius 3 is 2.86 bits per heavy atom. The van der Waals surface area contributed by atoms with Gasteiger partial charge in [-0.25, -0.2) is 0 Å². The van der Waals surface area contributed by atoms with Crippen LogP contribution in [0.25, 0.3) is 0 Å². The molecule has 120 valence electrons. The third-order valence-corrected chi connectivity index (χ3v) is 3.21. The van der Waals surface area contributed by atoms with E-state index in [9.17, 15) is 14.4 Å². The third kappa shape index (κ3) is 6.54. The molecule has 0 aliphatic carbocycles. The summed E-state index contributed by atoms with van der Waals surface area (Å²) in [6.45, 7) is 4.44. The summed E-state index contributed by atoms with van der Waals surface area (Å²) in [6, 6.07) is -0.455. The molecule has 1 aliphatic heterocycles. The van der Waals surface area contributed by atoms with Crippen molar-refractivity contribution in [3.05, 3.63) is 0 Å². The van der Waals surface area contributed by atoms with Gasteiger partial charge < -0.3 is 21.1 Å². The number of amides is 2. The standard InChI is InChI=1S/C13H24N4O4/c1-2-21-12(19)4-3-5-16-11(18)9-17-7-6-15-8-10(17)13(14)20/h10,15H,2-9H2,1H3,(H2,14,20)(H,16,18). The molecule has 0 aromatic rings. The molecule has 8 heteroatoms. The van der Waals surface area contributed by atoms with Gasteiger partial charge in [-0.1, -0.05) is 0 Å². The number of piperazine rings is 1. The molecule has 4 N–H and O–H groups in total. The maximum absolute atomic E-state index is 11.8. The molecule has 21 heavy (non-hydrogen) atoms. The van der Waals surface area contributed by atoms with Crippen LogP contribution in [0.1, 0.15) is 19.8 Å². The Morgan fingerprint density at radius 1 is 1.43 bits per heavy atom. The lowest BCUT2D eigenvalue weighted by Gasteiger charge is -2.33. The van der Waals surface area contributed by atoms with Crippen molar-refractivity contribution in [3.63, 3.8) is 0 Å². The second kappa shape index (κ2) is 9.30. The highest BCUT2D eigenvalue weighted by Crippen LogP contribution is 2.02. The maximum atomic E-state index is 11.8. The Bertz CT molecular complexity index is 375. The second-order valence-corrected chi connectivity index (χ2v) is 4.85. The molecule has 0 spiro atoms. The highest BCUT2D eigenvalue weighted by molar-refractivity contribution is 5.82. The molecule has 0 aromatic heterocycles. The Balaban J connectivity index is 2.23. The number of rotatable bonds is 8. The number of ether oxygens (including phenoxy) is 1. The van der Waals surface area contributed by atoms with Crippen molar-refractivity contribution in [3.8, 4) is 0 Å². The number of carbonyl (C=O) groups is 3. The maximum Gasteiger partial charge on any atom is 0.305 e. The van der Waals surface area contributed by atoms with Crippen LogP contribution >= 0.6 is 0 Å². The SMILES string of the molecule is CCOC(=O)CCCNC(=O)CN1CCNCC1C(N)=O. The summed E-state index contributed by atoms with van der Waals surface area (Å²) in [6.07, 6.45) is 0.817. The lowest BCUT2D eigenvalue weighted by molar-refractivity contribution is -0.143. The lowest BCUT2D eigenvalue weighted by Crippen LogP contribution is -2.58. The van der Waals surface area contributed by atoms with E-state index >= 15 is 0 Å². The van der Waals surface area contributed by atoms with Crippen LogP contribution in [0.4, 0.5) is 0 Å². The minimum atomic E-state index is -0.455. The summed E-state index contributed by atoms with van der Waals surface area (Å²) < 4.78 is 4.79. The van der Waals surface area contributed by atoms with Gasteiger partial charge in [0.15, 0.2) is 0 Å². The topological polar surface area (TPSA) is 114 Å². The monoisotopic (exact) mass is 300 g/mol. The van der Waals surface area contributed by atoms with Crippen molar-refractivity contribution < 1.29 is 19.1 Å². The summed E-state index contributed by atoms with van der Waals surface area (Å²) in [5.41, 5.74) is 5.31. The number of hydrogen-bond donors (Lipinski definition) is 3. The van der Waals surface area contributed by atoms with Gasteiger partial charge in [-0.2, -0.15) is 0 Å². The molecule has 0 aromatic carbocycles. The van der Waals surface area contributed by atoms with E-state index in [1.54, 1.807) is 11.8 Å². The van der Waals surface area contributed by atoms with Crippen LogP contribution in [-0.4, -0.2) is 68.1 Å². The fourth-order valence-corrected chi connectivity index (χ4v) is 2.15. The Morgan fingerprint density at radius 2 is 2.19 bits per heavy atom. The minimum Gasteiger partial charge on any atom is -0.466 e. The second-order valence-electron chi connectivity index (χ2n) is 4.85. The van der Waals surface area contributed by atoms with Crippen molar-refractivity contribution in [2.75, 3.05) is 39.3 Å². The Labute approximate surface area is 124 Å². The first-order valence-electron chi connectivity index (χ1n) is 7.21. The van der Waals surface area contributed by atoms with Crippen molar-refractivity contribution in [1.82, 2.24) is 15.5 Å². The Kier molecular flexibility index (Phi) is 7.70. The summed E-state index contributed by atoms with van der Waals surface area (Å²) in [5.74, 6) is -0.869. The number of nitrogens with one attached hydrogen (secondary N) is 2. The summed E-state index contributed by atoms with van der Waals surface area (Å²) in [5, 5.41) is 5.80. The van der Waals surface area contributed by atoms with Crippen molar-refractivity contribution in [2.24, 2.45) is 5.73 Å². The fourth-order valence-electron chi connectivity index (χ4n) is 2.15. The van der Waals surface area contributed by atoms with Gasteiger partial charge >= 0.3 is 5.97 Å². The van der Waals surface area contributed by atoms with Gasteiger partial charge in [0, 0.05) is 32.6 Å². The van der Waals surface area contributed by atoms with Crippen LogP contribution in [0.5, 0.6) is 0 Å². The van der Waals surface area contributed by atoms with E-state index in [0.29, 0.717) is 32.7 Å². The normalized spacial score (nSPS) is 19.0. The van der Waals surface area contributed by atoms with E-state index in [1.807, 2.05) is 0 Å². The van der Waals surface area contributed by atoms with Gasteiger partial charge in [0.25, 0.3) is 0 Å². The molecular weight excluding hydrogens is 276 g/mol. The zero-order valence-corrected chi connectivity index (χ0v) is 12.4. The van der Waals surface area contributed by atoms with E-state index in [4.69, 9.17) is 10.5 Å². The summed E-state index contributed by atoms with van der Waals surface area (Å²) in [4.78, 5) is 36.0. The van der Waals surface area contributed by atoms with Gasteiger partial charge in [0.2, 0.25) is 11.8 Å². The van der Waals surface area contributed by atoms with E-state index in [1.165, 1.54) is 0 Å². The van der Waals surface area contributed by atoms with Gasteiger partial charge in [-0.15, -0.1) is 0 Å². The van der Waals surface area contributed by atoms with Gasteiger partial charge in [-0.3, -0.25) is 19.3 Å². The zero-order valence-electron chi connectivity index (χ0n) is 12.4. The van der Waals surface area contributed by atoms with Crippen LogP contribution in [0, 0.1) is 0 Å². The van der Waals surface area contributed by atoms with Crippen LogP contribution in [0.3, 0.4) is 0 Å². The summed E-state index contributed by atoms with van der Waals surface area (Å²) in [7, 11) is 0. The molecule has 1 saturated heterocycles. The Hall–Kier alpha value is -1.67. The van der Waals surface area contributed by atoms with Crippen LogP contribution < -0.4 is 16.4 Å². The predicted octanol–water partition coefficient (Wildman–Crippen LogP) is -1.79. The van der Waals surface area contributed by atoms with Crippen molar-refractivity contribution in [2.45, 2.75) is 25.8 Å².